The number of benzene rings is 2. The molecule has 1 N–H and O–H groups in total. The molecule has 0 saturated carbocycles. The number of hydrogen-bond acceptors (Lipinski definition) is 6. The minimum absolute atomic E-state index is 0.273. The SMILES string of the molecule is COc1cc(C(=O)Nc2ncc(Cc3cccc(C(F)(F)F)c3)s2)cc2c1OCCO2. The smallest absolute Gasteiger partial charge is 0.416 e. The van der Waals surface area contributed by atoms with Gasteiger partial charge in [-0.15, -0.1) is 11.3 Å². The Kier molecular flexibility index (Phi) is 5.73. The van der Waals surface area contributed by atoms with E-state index in [1.807, 2.05) is 0 Å². The van der Waals surface area contributed by atoms with E-state index in [0.717, 1.165) is 17.0 Å². The maximum Gasteiger partial charge on any atom is 0.416 e. The van der Waals surface area contributed by atoms with Gasteiger partial charge in [0.2, 0.25) is 5.75 Å². The van der Waals surface area contributed by atoms with Crippen molar-refractivity contribution in [2.24, 2.45) is 0 Å². The fourth-order valence-corrected chi connectivity index (χ4v) is 3.92. The summed E-state index contributed by atoms with van der Waals surface area (Å²) in [5.41, 5.74) is 0.110. The highest BCUT2D eigenvalue weighted by Gasteiger charge is 2.30. The van der Waals surface area contributed by atoms with Gasteiger partial charge in [-0.2, -0.15) is 13.2 Å². The van der Waals surface area contributed by atoms with Gasteiger partial charge < -0.3 is 14.2 Å². The van der Waals surface area contributed by atoms with E-state index < -0.39 is 17.6 Å². The summed E-state index contributed by atoms with van der Waals surface area (Å²) in [6.45, 7) is 0.759. The second-order valence-corrected chi connectivity index (χ2v) is 7.78. The zero-order valence-corrected chi connectivity index (χ0v) is 17.1. The number of nitrogens with one attached hydrogen (secondary N) is 1. The molecule has 0 atom stereocenters. The van der Waals surface area contributed by atoms with Crippen molar-refractivity contribution >= 4 is 22.4 Å². The molecule has 10 heteroatoms. The lowest BCUT2D eigenvalue weighted by Crippen LogP contribution is -2.18. The Hall–Kier alpha value is -3.27. The summed E-state index contributed by atoms with van der Waals surface area (Å²) < 4.78 is 55.0. The summed E-state index contributed by atoms with van der Waals surface area (Å²) in [5.74, 6) is 0.824. The standard InChI is InChI=1S/C21H17F3N2O4S/c1-28-16-9-13(10-17-18(16)30-6-5-29-17)19(27)26-20-25-11-15(31-20)8-12-3-2-4-14(7-12)21(22,23)24/h2-4,7,9-11H,5-6,8H2,1H3,(H,25,26,27). The average Bonchev–Trinajstić information content (AvgIpc) is 3.19. The van der Waals surface area contributed by atoms with E-state index in [9.17, 15) is 18.0 Å². The molecule has 1 amide bonds. The molecule has 0 spiro atoms. The molecular formula is C21H17F3N2O4S. The maximum absolute atomic E-state index is 12.9. The molecule has 0 aliphatic carbocycles. The molecule has 6 nitrogen and oxygen atoms in total. The number of amides is 1. The van der Waals surface area contributed by atoms with E-state index >= 15 is 0 Å². The molecule has 0 bridgehead atoms. The van der Waals surface area contributed by atoms with Crippen LogP contribution in [0, 0.1) is 0 Å². The fourth-order valence-electron chi connectivity index (χ4n) is 3.08. The minimum Gasteiger partial charge on any atom is -0.493 e. The van der Waals surface area contributed by atoms with Gasteiger partial charge in [0, 0.05) is 23.1 Å². The fraction of sp³-hybridized carbons (Fsp3) is 0.238. The zero-order chi connectivity index (χ0) is 22.0. The second kappa shape index (κ2) is 8.46. The van der Waals surface area contributed by atoms with E-state index in [-0.39, 0.29) is 6.42 Å². The first-order valence-corrected chi connectivity index (χ1v) is 10.0. The predicted molar refractivity (Wildman–Crippen MR) is 108 cm³/mol. The lowest BCUT2D eigenvalue weighted by molar-refractivity contribution is -0.137. The number of halogens is 3. The normalized spacial score (nSPS) is 13.0. The number of thiazole rings is 1. The number of fused-ring (bicyclic) bond motifs is 1. The van der Waals surface area contributed by atoms with Gasteiger partial charge in [-0.3, -0.25) is 10.1 Å². The highest BCUT2D eigenvalue weighted by atomic mass is 32.1. The molecule has 1 aliphatic heterocycles. The van der Waals surface area contributed by atoms with Crippen LogP contribution in [0.5, 0.6) is 17.2 Å². The van der Waals surface area contributed by atoms with Crippen molar-refractivity contribution in [2.75, 3.05) is 25.6 Å². The monoisotopic (exact) mass is 450 g/mol. The Morgan fingerprint density at radius 1 is 1.23 bits per heavy atom. The number of alkyl halides is 3. The maximum atomic E-state index is 12.9. The molecule has 2 heterocycles. The summed E-state index contributed by atoms with van der Waals surface area (Å²) in [6, 6.07) is 8.23. The number of nitrogens with zero attached hydrogens (tertiary/aromatic N) is 1. The molecule has 0 fully saturated rings. The van der Waals surface area contributed by atoms with Crippen molar-refractivity contribution in [3.8, 4) is 17.2 Å². The van der Waals surface area contributed by atoms with Crippen LogP contribution in [0.1, 0.15) is 26.4 Å². The van der Waals surface area contributed by atoms with Crippen LogP contribution in [0.15, 0.2) is 42.6 Å². The van der Waals surface area contributed by atoms with Crippen molar-refractivity contribution < 1.29 is 32.2 Å². The summed E-state index contributed by atoms with van der Waals surface area (Å²) in [6.07, 6.45) is -2.59. The first-order valence-electron chi connectivity index (χ1n) is 9.23. The summed E-state index contributed by atoms with van der Waals surface area (Å²) >= 11 is 1.19. The average molecular weight is 450 g/mol. The first-order chi connectivity index (χ1) is 14.8. The Morgan fingerprint density at radius 3 is 2.81 bits per heavy atom. The van der Waals surface area contributed by atoms with E-state index in [1.54, 1.807) is 18.2 Å². The van der Waals surface area contributed by atoms with Gasteiger partial charge in [-0.05, 0) is 23.8 Å². The van der Waals surface area contributed by atoms with Gasteiger partial charge in [0.05, 0.1) is 12.7 Å². The number of methoxy groups -OCH3 is 1. The van der Waals surface area contributed by atoms with Crippen LogP contribution >= 0.6 is 11.3 Å². The van der Waals surface area contributed by atoms with Gasteiger partial charge >= 0.3 is 6.18 Å². The molecule has 0 unspecified atom stereocenters. The Balaban J connectivity index is 1.48. The number of anilines is 1. The van der Waals surface area contributed by atoms with Crippen LogP contribution in [0.25, 0.3) is 0 Å². The Labute approximate surface area is 179 Å². The Morgan fingerprint density at radius 2 is 2.03 bits per heavy atom. The number of carbonyl (C=O) groups excluding carboxylic acids is 1. The largest absolute Gasteiger partial charge is 0.493 e. The topological polar surface area (TPSA) is 69.7 Å². The number of rotatable bonds is 5. The van der Waals surface area contributed by atoms with E-state index in [1.165, 1.54) is 30.7 Å². The molecule has 4 rings (SSSR count). The van der Waals surface area contributed by atoms with Crippen LogP contribution in [0.2, 0.25) is 0 Å². The third kappa shape index (κ3) is 4.74. The molecule has 3 aromatic rings. The highest BCUT2D eigenvalue weighted by Crippen LogP contribution is 2.40. The number of aromatic nitrogens is 1. The minimum atomic E-state index is -4.40. The van der Waals surface area contributed by atoms with Crippen molar-refractivity contribution in [2.45, 2.75) is 12.6 Å². The van der Waals surface area contributed by atoms with E-state index in [2.05, 4.69) is 10.3 Å². The van der Waals surface area contributed by atoms with Gasteiger partial charge in [0.1, 0.15) is 13.2 Å². The molecule has 2 aromatic carbocycles. The van der Waals surface area contributed by atoms with Gasteiger partial charge in [-0.1, -0.05) is 18.2 Å². The summed E-state index contributed by atoms with van der Waals surface area (Å²) in [5, 5.41) is 3.03. The lowest BCUT2D eigenvalue weighted by Gasteiger charge is -2.21. The molecule has 31 heavy (non-hydrogen) atoms. The quantitative estimate of drug-likeness (QED) is 0.606. The molecule has 162 valence electrons. The summed E-state index contributed by atoms with van der Waals surface area (Å²) in [7, 11) is 1.47. The van der Waals surface area contributed by atoms with Gasteiger partial charge in [-0.25, -0.2) is 4.98 Å². The molecular weight excluding hydrogens is 433 g/mol. The zero-order valence-electron chi connectivity index (χ0n) is 16.3. The van der Waals surface area contributed by atoms with Crippen molar-refractivity contribution in [3.05, 3.63) is 64.2 Å². The third-order valence-corrected chi connectivity index (χ3v) is 5.41. The van der Waals surface area contributed by atoms with Crippen molar-refractivity contribution in [3.63, 3.8) is 0 Å². The lowest BCUT2D eigenvalue weighted by atomic mass is 10.1. The highest BCUT2D eigenvalue weighted by molar-refractivity contribution is 7.15. The van der Waals surface area contributed by atoms with Crippen molar-refractivity contribution in [1.82, 2.24) is 4.98 Å². The number of ether oxygens (including phenoxy) is 3. The van der Waals surface area contributed by atoms with Crippen LogP contribution in [-0.2, 0) is 12.6 Å². The molecule has 0 saturated heterocycles. The number of carbonyl (C=O) groups is 1. The second-order valence-electron chi connectivity index (χ2n) is 6.66. The van der Waals surface area contributed by atoms with Gasteiger partial charge in [0.15, 0.2) is 16.6 Å². The molecule has 1 aromatic heterocycles. The van der Waals surface area contributed by atoms with Crippen LogP contribution < -0.4 is 19.5 Å². The molecule has 0 radical (unpaired) electrons. The predicted octanol–water partition coefficient (Wildman–Crippen LogP) is 4.78. The Bertz CT molecular complexity index is 1100. The van der Waals surface area contributed by atoms with E-state index in [4.69, 9.17) is 14.2 Å². The number of hydrogen-bond donors (Lipinski definition) is 1. The van der Waals surface area contributed by atoms with Crippen LogP contribution in [0.4, 0.5) is 18.3 Å². The first kappa shape index (κ1) is 21.0. The van der Waals surface area contributed by atoms with Gasteiger partial charge in [0.25, 0.3) is 5.91 Å². The van der Waals surface area contributed by atoms with Crippen LogP contribution in [-0.4, -0.2) is 31.2 Å². The van der Waals surface area contributed by atoms with Crippen molar-refractivity contribution in [1.29, 1.82) is 0 Å². The third-order valence-electron chi connectivity index (χ3n) is 4.50. The molecule has 1 aliphatic rings. The van der Waals surface area contributed by atoms with E-state index in [0.29, 0.717) is 46.7 Å². The van der Waals surface area contributed by atoms with Crippen LogP contribution in [0.3, 0.4) is 0 Å². The summed E-state index contributed by atoms with van der Waals surface area (Å²) in [4.78, 5) is 17.5.